The Kier molecular flexibility index (Phi) is 6.52. The summed E-state index contributed by atoms with van der Waals surface area (Å²) < 4.78 is 0.701. The molecule has 0 N–H and O–H groups in total. The number of nitro benzene ring substituents is 1. The third kappa shape index (κ3) is 5.26. The SMILES string of the molecule is C[C@@H](c1cccc([N+](=O)[O-])c1)N(C)CC(=O)N(C)Cc1ccc(Cl)s1. The summed E-state index contributed by atoms with van der Waals surface area (Å²) in [7, 11) is 3.58. The van der Waals surface area contributed by atoms with Crippen molar-refractivity contribution in [2.75, 3.05) is 20.6 Å². The van der Waals surface area contributed by atoms with Crippen LogP contribution in [-0.4, -0.2) is 41.3 Å². The first-order chi connectivity index (χ1) is 11.8. The lowest BCUT2D eigenvalue weighted by Crippen LogP contribution is -2.37. The number of halogens is 1. The Labute approximate surface area is 155 Å². The second-order valence-corrected chi connectivity index (χ2v) is 7.70. The normalized spacial score (nSPS) is 12.2. The molecule has 0 aliphatic carbocycles. The summed E-state index contributed by atoms with van der Waals surface area (Å²) in [6.07, 6.45) is 0. The number of benzene rings is 1. The molecule has 1 atom stereocenters. The first kappa shape index (κ1) is 19.4. The molecule has 1 aromatic heterocycles. The van der Waals surface area contributed by atoms with Crippen LogP contribution in [0, 0.1) is 10.1 Å². The van der Waals surface area contributed by atoms with E-state index in [9.17, 15) is 14.9 Å². The van der Waals surface area contributed by atoms with Gasteiger partial charge < -0.3 is 4.90 Å². The fraction of sp³-hybridized carbons (Fsp3) is 0.353. The van der Waals surface area contributed by atoms with Gasteiger partial charge in [0.05, 0.1) is 22.3 Å². The number of amides is 1. The van der Waals surface area contributed by atoms with Crippen LogP contribution in [0.5, 0.6) is 0 Å². The Morgan fingerprint density at radius 1 is 1.32 bits per heavy atom. The molecule has 1 aromatic carbocycles. The van der Waals surface area contributed by atoms with E-state index in [-0.39, 0.29) is 24.2 Å². The fourth-order valence-corrected chi connectivity index (χ4v) is 3.52. The maximum atomic E-state index is 12.4. The standard InChI is InChI=1S/C17H20ClN3O3S/c1-12(13-5-4-6-14(9-13)21(23)24)19(2)11-17(22)20(3)10-15-7-8-16(18)25-15/h4-9,12H,10-11H2,1-3H3/t12-/m0/s1. The molecule has 25 heavy (non-hydrogen) atoms. The van der Waals surface area contributed by atoms with E-state index < -0.39 is 4.92 Å². The Balaban J connectivity index is 1.97. The largest absolute Gasteiger partial charge is 0.340 e. The lowest BCUT2D eigenvalue weighted by molar-refractivity contribution is -0.384. The highest BCUT2D eigenvalue weighted by Crippen LogP contribution is 2.24. The molecule has 0 saturated heterocycles. The number of rotatable bonds is 7. The van der Waals surface area contributed by atoms with Gasteiger partial charge in [-0.2, -0.15) is 0 Å². The average Bonchev–Trinajstić information content (AvgIpc) is 2.98. The van der Waals surface area contributed by atoms with E-state index in [4.69, 9.17) is 11.6 Å². The average molecular weight is 382 g/mol. The minimum Gasteiger partial charge on any atom is -0.340 e. The van der Waals surface area contributed by atoms with Gasteiger partial charge in [-0.25, -0.2) is 0 Å². The molecule has 2 aromatic rings. The number of likely N-dealkylation sites (N-methyl/N-ethyl adjacent to an activating group) is 2. The number of hydrogen-bond acceptors (Lipinski definition) is 5. The summed E-state index contributed by atoms with van der Waals surface area (Å²) >= 11 is 7.36. The molecular formula is C17H20ClN3O3S. The summed E-state index contributed by atoms with van der Waals surface area (Å²) in [6, 6.07) is 10.1. The molecule has 0 saturated carbocycles. The maximum absolute atomic E-state index is 12.4. The number of nitrogens with zero attached hydrogens (tertiary/aromatic N) is 3. The van der Waals surface area contributed by atoms with E-state index in [0.29, 0.717) is 10.9 Å². The molecule has 0 spiro atoms. The van der Waals surface area contributed by atoms with E-state index in [2.05, 4.69) is 0 Å². The first-order valence-electron chi connectivity index (χ1n) is 7.70. The number of hydrogen-bond donors (Lipinski definition) is 0. The predicted octanol–water partition coefficient (Wildman–Crippen LogP) is 3.96. The Morgan fingerprint density at radius 3 is 2.64 bits per heavy atom. The van der Waals surface area contributed by atoms with Crippen molar-refractivity contribution in [1.29, 1.82) is 0 Å². The zero-order chi connectivity index (χ0) is 18.6. The van der Waals surface area contributed by atoms with Gasteiger partial charge in [0.2, 0.25) is 5.91 Å². The Morgan fingerprint density at radius 2 is 2.04 bits per heavy atom. The van der Waals surface area contributed by atoms with Gasteiger partial charge in [0.1, 0.15) is 0 Å². The quantitative estimate of drug-likeness (QED) is 0.537. The van der Waals surface area contributed by atoms with Crippen LogP contribution in [0.4, 0.5) is 5.69 Å². The molecule has 8 heteroatoms. The smallest absolute Gasteiger partial charge is 0.269 e. The van der Waals surface area contributed by atoms with Gasteiger partial charge in [-0.3, -0.25) is 19.8 Å². The van der Waals surface area contributed by atoms with Crippen molar-refractivity contribution < 1.29 is 9.72 Å². The van der Waals surface area contributed by atoms with Crippen molar-refractivity contribution in [1.82, 2.24) is 9.80 Å². The number of non-ortho nitro benzene ring substituents is 1. The maximum Gasteiger partial charge on any atom is 0.269 e. The second-order valence-electron chi connectivity index (χ2n) is 5.90. The highest BCUT2D eigenvalue weighted by Gasteiger charge is 2.19. The van der Waals surface area contributed by atoms with Crippen molar-refractivity contribution in [2.24, 2.45) is 0 Å². The van der Waals surface area contributed by atoms with Crippen LogP contribution in [0.3, 0.4) is 0 Å². The van der Waals surface area contributed by atoms with Gasteiger partial charge in [-0.15, -0.1) is 11.3 Å². The second kappa shape index (κ2) is 8.42. The highest BCUT2D eigenvalue weighted by molar-refractivity contribution is 7.16. The zero-order valence-electron chi connectivity index (χ0n) is 14.3. The molecule has 134 valence electrons. The molecule has 6 nitrogen and oxygen atoms in total. The number of carbonyl (C=O) groups is 1. The van der Waals surface area contributed by atoms with E-state index >= 15 is 0 Å². The molecule has 0 unspecified atom stereocenters. The van der Waals surface area contributed by atoms with Crippen LogP contribution in [0.25, 0.3) is 0 Å². The molecule has 1 heterocycles. The molecule has 0 radical (unpaired) electrons. The zero-order valence-corrected chi connectivity index (χ0v) is 15.9. The summed E-state index contributed by atoms with van der Waals surface area (Å²) in [4.78, 5) is 27.5. The van der Waals surface area contributed by atoms with E-state index in [1.807, 2.05) is 37.1 Å². The Bertz CT molecular complexity index is 765. The van der Waals surface area contributed by atoms with E-state index in [0.717, 1.165) is 10.4 Å². The van der Waals surface area contributed by atoms with Crippen LogP contribution >= 0.6 is 22.9 Å². The van der Waals surface area contributed by atoms with Gasteiger partial charge in [-0.05, 0) is 31.7 Å². The van der Waals surface area contributed by atoms with Crippen LogP contribution in [-0.2, 0) is 11.3 Å². The predicted molar refractivity (Wildman–Crippen MR) is 99.9 cm³/mol. The number of carbonyl (C=O) groups excluding carboxylic acids is 1. The van der Waals surface area contributed by atoms with Crippen LogP contribution in [0.2, 0.25) is 4.34 Å². The fourth-order valence-electron chi connectivity index (χ4n) is 2.38. The van der Waals surface area contributed by atoms with Crippen molar-refractivity contribution in [3.63, 3.8) is 0 Å². The van der Waals surface area contributed by atoms with Crippen molar-refractivity contribution in [3.8, 4) is 0 Å². The topological polar surface area (TPSA) is 66.7 Å². The minimum absolute atomic E-state index is 0.0238. The summed E-state index contributed by atoms with van der Waals surface area (Å²) in [5.74, 6) is -0.0238. The summed E-state index contributed by atoms with van der Waals surface area (Å²) in [5.41, 5.74) is 0.855. The van der Waals surface area contributed by atoms with Crippen molar-refractivity contribution >= 4 is 34.5 Å². The lowest BCUT2D eigenvalue weighted by Gasteiger charge is -2.26. The van der Waals surface area contributed by atoms with Gasteiger partial charge in [0.15, 0.2) is 0 Å². The van der Waals surface area contributed by atoms with Gasteiger partial charge in [0, 0.05) is 30.1 Å². The molecule has 0 aliphatic rings. The molecule has 0 fully saturated rings. The molecule has 0 bridgehead atoms. The highest BCUT2D eigenvalue weighted by atomic mass is 35.5. The van der Waals surface area contributed by atoms with Gasteiger partial charge in [-0.1, -0.05) is 23.7 Å². The third-order valence-electron chi connectivity index (χ3n) is 4.06. The van der Waals surface area contributed by atoms with Crippen LogP contribution < -0.4 is 0 Å². The molecule has 1 amide bonds. The van der Waals surface area contributed by atoms with E-state index in [1.54, 1.807) is 24.1 Å². The Hall–Kier alpha value is -1.96. The number of thiophene rings is 1. The lowest BCUT2D eigenvalue weighted by atomic mass is 10.1. The third-order valence-corrected chi connectivity index (χ3v) is 5.27. The first-order valence-corrected chi connectivity index (χ1v) is 8.90. The minimum atomic E-state index is -0.415. The monoisotopic (exact) mass is 381 g/mol. The van der Waals surface area contributed by atoms with E-state index in [1.165, 1.54) is 17.4 Å². The van der Waals surface area contributed by atoms with Crippen LogP contribution in [0.1, 0.15) is 23.4 Å². The summed E-state index contributed by atoms with van der Waals surface area (Å²) in [5, 5.41) is 10.9. The number of nitro groups is 1. The molecular weight excluding hydrogens is 362 g/mol. The van der Waals surface area contributed by atoms with Gasteiger partial charge >= 0.3 is 0 Å². The van der Waals surface area contributed by atoms with Gasteiger partial charge in [0.25, 0.3) is 5.69 Å². The molecule has 2 rings (SSSR count). The summed E-state index contributed by atoms with van der Waals surface area (Å²) in [6.45, 7) is 2.65. The van der Waals surface area contributed by atoms with Crippen LogP contribution in [0.15, 0.2) is 36.4 Å². The van der Waals surface area contributed by atoms with Crippen molar-refractivity contribution in [2.45, 2.75) is 19.5 Å². The van der Waals surface area contributed by atoms with Crippen molar-refractivity contribution in [3.05, 3.63) is 61.3 Å². The molecule has 0 aliphatic heterocycles.